The van der Waals surface area contributed by atoms with Gasteiger partial charge in [-0.3, -0.25) is 4.79 Å². The molecule has 1 heterocycles. The molecule has 1 aliphatic rings. The molecule has 0 aromatic carbocycles. The van der Waals surface area contributed by atoms with E-state index in [9.17, 15) is 4.79 Å². The molecule has 1 amide bonds. The number of rotatable bonds is 5. The molecule has 0 saturated carbocycles. The van der Waals surface area contributed by atoms with E-state index in [1.807, 2.05) is 13.8 Å². The first-order valence-corrected chi connectivity index (χ1v) is 6.71. The topological polar surface area (TPSA) is 58.4 Å². The van der Waals surface area contributed by atoms with Crippen molar-refractivity contribution in [3.8, 4) is 0 Å². The van der Waals surface area contributed by atoms with Gasteiger partial charge in [-0.2, -0.15) is 0 Å². The van der Waals surface area contributed by atoms with E-state index in [4.69, 9.17) is 18.0 Å². The lowest BCUT2D eigenvalue weighted by Crippen LogP contribution is -2.42. The molecule has 1 atom stereocenters. The third-order valence-electron chi connectivity index (χ3n) is 3.01. The summed E-state index contributed by atoms with van der Waals surface area (Å²) in [6.45, 7) is 6.71. The highest BCUT2D eigenvalue weighted by Crippen LogP contribution is 2.16. The maximum Gasteiger partial charge on any atom is 0.221 e. The van der Waals surface area contributed by atoms with Crippen molar-refractivity contribution in [1.82, 2.24) is 10.2 Å². The van der Waals surface area contributed by atoms with Gasteiger partial charge in [0.2, 0.25) is 5.91 Å². The summed E-state index contributed by atoms with van der Waals surface area (Å²) in [5, 5.41) is 2.90. The smallest absolute Gasteiger partial charge is 0.221 e. The van der Waals surface area contributed by atoms with Crippen LogP contribution < -0.4 is 11.1 Å². The number of thiocarbonyl (C=S) groups is 1. The highest BCUT2D eigenvalue weighted by atomic mass is 32.1. The van der Waals surface area contributed by atoms with Gasteiger partial charge in [0.25, 0.3) is 0 Å². The standard InChI is InChI=1S/C12H23N3OS/c1-9(2)14-11(16)5-7-15-6-3-4-10(8-15)12(13)17/h9-10H,3-8H2,1-2H3,(H2,13,17)(H,14,16). The molecular formula is C12H23N3OS. The first-order chi connectivity index (χ1) is 7.99. The maximum absolute atomic E-state index is 11.5. The molecule has 17 heavy (non-hydrogen) atoms. The van der Waals surface area contributed by atoms with E-state index < -0.39 is 0 Å². The van der Waals surface area contributed by atoms with Crippen LogP contribution in [0.15, 0.2) is 0 Å². The Morgan fingerprint density at radius 3 is 2.88 bits per heavy atom. The van der Waals surface area contributed by atoms with E-state index in [1.54, 1.807) is 0 Å². The molecule has 0 bridgehead atoms. The fourth-order valence-corrected chi connectivity index (χ4v) is 2.34. The van der Waals surface area contributed by atoms with Gasteiger partial charge >= 0.3 is 0 Å². The predicted octanol–water partition coefficient (Wildman–Crippen LogP) is 0.899. The second kappa shape index (κ2) is 6.91. The van der Waals surface area contributed by atoms with Gasteiger partial charge in [-0.15, -0.1) is 0 Å². The van der Waals surface area contributed by atoms with Crippen LogP contribution in [0.1, 0.15) is 33.1 Å². The van der Waals surface area contributed by atoms with E-state index >= 15 is 0 Å². The van der Waals surface area contributed by atoms with Crippen molar-refractivity contribution in [2.75, 3.05) is 19.6 Å². The van der Waals surface area contributed by atoms with Crippen LogP contribution in [0.25, 0.3) is 0 Å². The van der Waals surface area contributed by atoms with Crippen molar-refractivity contribution in [1.29, 1.82) is 0 Å². The van der Waals surface area contributed by atoms with Crippen LogP contribution in [0, 0.1) is 5.92 Å². The van der Waals surface area contributed by atoms with Gasteiger partial charge in [-0.1, -0.05) is 12.2 Å². The quantitative estimate of drug-likeness (QED) is 0.719. The van der Waals surface area contributed by atoms with Crippen molar-refractivity contribution in [3.63, 3.8) is 0 Å². The fraction of sp³-hybridized carbons (Fsp3) is 0.833. The minimum Gasteiger partial charge on any atom is -0.393 e. The SMILES string of the molecule is CC(C)NC(=O)CCN1CCCC(C(N)=S)C1. The fourth-order valence-electron chi connectivity index (χ4n) is 2.14. The Morgan fingerprint density at radius 2 is 2.29 bits per heavy atom. The van der Waals surface area contributed by atoms with Gasteiger partial charge in [0.1, 0.15) is 0 Å². The molecule has 1 aliphatic heterocycles. The molecule has 98 valence electrons. The van der Waals surface area contributed by atoms with Crippen LogP contribution in [0.5, 0.6) is 0 Å². The average molecular weight is 257 g/mol. The molecule has 1 unspecified atom stereocenters. The molecule has 4 nitrogen and oxygen atoms in total. The monoisotopic (exact) mass is 257 g/mol. The zero-order valence-electron chi connectivity index (χ0n) is 10.7. The number of nitrogens with zero attached hydrogens (tertiary/aromatic N) is 1. The van der Waals surface area contributed by atoms with E-state index in [0.29, 0.717) is 17.3 Å². The summed E-state index contributed by atoms with van der Waals surface area (Å²) in [4.78, 5) is 14.4. The van der Waals surface area contributed by atoms with Crippen molar-refractivity contribution in [2.45, 2.75) is 39.2 Å². The molecule has 1 rings (SSSR count). The van der Waals surface area contributed by atoms with E-state index in [0.717, 1.165) is 32.5 Å². The highest BCUT2D eigenvalue weighted by Gasteiger charge is 2.21. The number of amides is 1. The molecule has 0 aromatic heterocycles. The number of carbonyl (C=O) groups excluding carboxylic acids is 1. The van der Waals surface area contributed by atoms with E-state index in [-0.39, 0.29) is 11.9 Å². The average Bonchev–Trinajstić information content (AvgIpc) is 2.26. The number of hydrogen-bond acceptors (Lipinski definition) is 3. The van der Waals surface area contributed by atoms with Crippen molar-refractivity contribution in [3.05, 3.63) is 0 Å². The Hall–Kier alpha value is -0.680. The number of likely N-dealkylation sites (tertiary alicyclic amines) is 1. The highest BCUT2D eigenvalue weighted by molar-refractivity contribution is 7.80. The summed E-state index contributed by atoms with van der Waals surface area (Å²) in [6, 6.07) is 0.216. The van der Waals surface area contributed by atoms with Crippen LogP contribution >= 0.6 is 12.2 Å². The van der Waals surface area contributed by atoms with E-state index in [1.165, 1.54) is 0 Å². The van der Waals surface area contributed by atoms with Gasteiger partial charge in [0.05, 0.1) is 4.99 Å². The molecule has 3 N–H and O–H groups in total. The normalized spacial score (nSPS) is 21.5. The lowest BCUT2D eigenvalue weighted by Gasteiger charge is -2.31. The van der Waals surface area contributed by atoms with Crippen molar-refractivity contribution in [2.24, 2.45) is 11.7 Å². The predicted molar refractivity (Wildman–Crippen MR) is 73.8 cm³/mol. The maximum atomic E-state index is 11.5. The van der Waals surface area contributed by atoms with Crippen LogP contribution in [0.3, 0.4) is 0 Å². The van der Waals surface area contributed by atoms with Gasteiger partial charge in [0.15, 0.2) is 0 Å². The number of piperidine rings is 1. The summed E-state index contributed by atoms with van der Waals surface area (Å²) >= 11 is 5.03. The number of nitrogens with one attached hydrogen (secondary N) is 1. The summed E-state index contributed by atoms with van der Waals surface area (Å²) in [6.07, 6.45) is 2.76. The lowest BCUT2D eigenvalue weighted by atomic mass is 9.98. The number of carbonyl (C=O) groups is 1. The van der Waals surface area contributed by atoms with Crippen LogP contribution in [0.2, 0.25) is 0 Å². The lowest BCUT2D eigenvalue weighted by molar-refractivity contribution is -0.122. The first-order valence-electron chi connectivity index (χ1n) is 6.30. The molecule has 1 fully saturated rings. The van der Waals surface area contributed by atoms with Gasteiger partial charge in [-0.05, 0) is 33.2 Å². The Balaban J connectivity index is 2.27. The summed E-state index contributed by atoms with van der Waals surface area (Å²) < 4.78 is 0. The Morgan fingerprint density at radius 1 is 1.59 bits per heavy atom. The third kappa shape index (κ3) is 5.46. The first kappa shape index (κ1) is 14.4. The third-order valence-corrected chi connectivity index (χ3v) is 3.35. The van der Waals surface area contributed by atoms with Crippen molar-refractivity contribution >= 4 is 23.1 Å². The van der Waals surface area contributed by atoms with Crippen molar-refractivity contribution < 1.29 is 4.79 Å². The molecular weight excluding hydrogens is 234 g/mol. The van der Waals surface area contributed by atoms with Gasteiger partial charge in [0, 0.05) is 31.5 Å². The van der Waals surface area contributed by atoms with Crippen LogP contribution in [-0.4, -0.2) is 41.5 Å². The second-order valence-electron chi connectivity index (χ2n) is 5.01. The molecule has 0 aromatic rings. The molecule has 0 spiro atoms. The minimum absolute atomic E-state index is 0.123. The molecule has 0 radical (unpaired) electrons. The Bertz CT molecular complexity index is 281. The summed E-state index contributed by atoms with van der Waals surface area (Å²) in [5.74, 6) is 0.448. The summed E-state index contributed by atoms with van der Waals surface area (Å²) in [7, 11) is 0. The zero-order chi connectivity index (χ0) is 12.8. The van der Waals surface area contributed by atoms with Gasteiger partial charge < -0.3 is 16.0 Å². The zero-order valence-corrected chi connectivity index (χ0v) is 11.6. The minimum atomic E-state index is 0.123. The largest absolute Gasteiger partial charge is 0.393 e. The van der Waals surface area contributed by atoms with Gasteiger partial charge in [-0.25, -0.2) is 0 Å². The summed E-state index contributed by atoms with van der Waals surface area (Å²) in [5.41, 5.74) is 5.68. The molecule has 5 heteroatoms. The Labute approximate surface area is 109 Å². The molecule has 0 aliphatic carbocycles. The Kier molecular flexibility index (Phi) is 5.85. The number of nitrogens with two attached hydrogens (primary N) is 1. The van der Waals surface area contributed by atoms with Crippen LogP contribution in [0.4, 0.5) is 0 Å². The number of hydrogen-bond donors (Lipinski definition) is 2. The second-order valence-corrected chi connectivity index (χ2v) is 5.49. The van der Waals surface area contributed by atoms with Crippen LogP contribution in [-0.2, 0) is 4.79 Å². The molecule has 1 saturated heterocycles. The van der Waals surface area contributed by atoms with E-state index in [2.05, 4.69) is 10.2 Å².